The van der Waals surface area contributed by atoms with Crippen molar-refractivity contribution in [2.45, 2.75) is 23.0 Å². The molecular weight excluding hydrogens is 458 g/mol. The van der Waals surface area contributed by atoms with Gasteiger partial charge in [0.25, 0.3) is 0 Å². The monoisotopic (exact) mass is 478 g/mol. The summed E-state index contributed by atoms with van der Waals surface area (Å²) in [5.74, 6) is -3.98. The first-order valence-electron chi connectivity index (χ1n) is 9.61. The molecule has 3 rings (SSSR count). The number of ether oxygens (including phenoxy) is 2. The molecule has 3 aromatic rings. The van der Waals surface area contributed by atoms with Crippen molar-refractivity contribution in [3.63, 3.8) is 0 Å². The average molecular weight is 478 g/mol. The van der Waals surface area contributed by atoms with Crippen LogP contribution in [0.15, 0.2) is 56.6 Å². The van der Waals surface area contributed by atoms with E-state index in [1.165, 1.54) is 32.4 Å². The van der Waals surface area contributed by atoms with Crippen LogP contribution in [0.5, 0.6) is 17.2 Å². The first kappa shape index (κ1) is 24.1. The quantitative estimate of drug-likeness (QED) is 0.364. The number of halogens is 2. The Morgan fingerprint density at radius 2 is 1.88 bits per heavy atom. The van der Waals surface area contributed by atoms with Crippen LogP contribution in [-0.4, -0.2) is 30.4 Å². The van der Waals surface area contributed by atoms with E-state index in [9.17, 15) is 28.6 Å². The van der Waals surface area contributed by atoms with Crippen LogP contribution in [0, 0.1) is 11.6 Å². The lowest BCUT2D eigenvalue weighted by Gasteiger charge is -2.18. The first-order chi connectivity index (χ1) is 15.7. The molecule has 1 aromatic heterocycles. The van der Waals surface area contributed by atoms with Crippen LogP contribution in [0.25, 0.3) is 0 Å². The summed E-state index contributed by atoms with van der Waals surface area (Å²) in [6.45, 7) is 0. The van der Waals surface area contributed by atoms with Gasteiger partial charge in [0.2, 0.25) is 11.2 Å². The second kappa shape index (κ2) is 10.4. The second-order valence-electron chi connectivity index (χ2n) is 6.92. The van der Waals surface area contributed by atoms with Gasteiger partial charge < -0.3 is 24.1 Å². The zero-order valence-electron chi connectivity index (χ0n) is 17.6. The van der Waals surface area contributed by atoms with Crippen LogP contribution in [0.3, 0.4) is 0 Å². The van der Waals surface area contributed by atoms with Gasteiger partial charge in [0.05, 0.1) is 32.3 Å². The van der Waals surface area contributed by atoms with Gasteiger partial charge in [-0.3, -0.25) is 9.59 Å². The Kier molecular flexibility index (Phi) is 7.59. The normalized spacial score (nSPS) is 11.8. The van der Waals surface area contributed by atoms with E-state index in [0.717, 1.165) is 30.0 Å². The van der Waals surface area contributed by atoms with E-state index in [-0.39, 0.29) is 40.1 Å². The molecule has 7 nitrogen and oxygen atoms in total. The third-order valence-corrected chi connectivity index (χ3v) is 5.85. The Labute approximate surface area is 191 Å². The number of esters is 1. The molecule has 10 heteroatoms. The summed E-state index contributed by atoms with van der Waals surface area (Å²) >= 11 is 0.961. The molecule has 174 valence electrons. The summed E-state index contributed by atoms with van der Waals surface area (Å²) < 4.78 is 42.5. The fourth-order valence-electron chi connectivity index (χ4n) is 3.14. The lowest BCUT2D eigenvalue weighted by molar-refractivity contribution is -0.140. The number of carbonyl (C=O) groups is 1. The molecule has 0 saturated heterocycles. The number of methoxy groups -OCH3 is 2. The first-order valence-corrected chi connectivity index (χ1v) is 10.6. The van der Waals surface area contributed by atoms with E-state index in [1.807, 2.05) is 0 Å². The maximum absolute atomic E-state index is 13.9. The van der Waals surface area contributed by atoms with Crippen molar-refractivity contribution in [2.24, 2.45) is 0 Å². The van der Waals surface area contributed by atoms with Crippen molar-refractivity contribution in [1.29, 1.82) is 0 Å². The smallest absolute Gasteiger partial charge is 0.306 e. The summed E-state index contributed by atoms with van der Waals surface area (Å²) in [5, 5.41) is 20.6. The summed E-state index contributed by atoms with van der Waals surface area (Å²) in [4.78, 5) is 24.6. The predicted molar refractivity (Wildman–Crippen MR) is 116 cm³/mol. The molecule has 1 heterocycles. The molecule has 0 saturated carbocycles. The maximum atomic E-state index is 13.9. The minimum absolute atomic E-state index is 0.0100. The van der Waals surface area contributed by atoms with Gasteiger partial charge in [-0.05, 0) is 29.8 Å². The largest absolute Gasteiger partial charge is 0.504 e. The number of hydrogen-bond acceptors (Lipinski definition) is 8. The van der Waals surface area contributed by atoms with Crippen LogP contribution in [-0.2, 0) is 15.3 Å². The van der Waals surface area contributed by atoms with Crippen LogP contribution in [0.2, 0.25) is 0 Å². The lowest BCUT2D eigenvalue weighted by atomic mass is 9.92. The Hall–Kier alpha value is -3.53. The number of benzene rings is 2. The Balaban J connectivity index is 2.00. The molecule has 0 fully saturated rings. The summed E-state index contributed by atoms with van der Waals surface area (Å²) in [6.07, 6.45) is -0.304. The van der Waals surface area contributed by atoms with Gasteiger partial charge in [-0.2, -0.15) is 0 Å². The van der Waals surface area contributed by atoms with Crippen LogP contribution in [0.4, 0.5) is 8.78 Å². The van der Waals surface area contributed by atoms with Crippen molar-refractivity contribution >= 4 is 17.7 Å². The van der Waals surface area contributed by atoms with Crippen molar-refractivity contribution < 1.29 is 37.7 Å². The van der Waals surface area contributed by atoms with E-state index >= 15 is 0 Å². The maximum Gasteiger partial charge on any atom is 0.306 e. The summed E-state index contributed by atoms with van der Waals surface area (Å²) in [7, 11) is 2.56. The number of carbonyl (C=O) groups excluding carboxylic acids is 1. The SMILES string of the molecule is COC(=O)C[C@H](c1ccc(OC)c(O)c1)c1oc(CSc2ccc(F)cc2F)cc(=O)c1O. The van der Waals surface area contributed by atoms with Crippen molar-refractivity contribution in [1.82, 2.24) is 0 Å². The van der Waals surface area contributed by atoms with Crippen molar-refractivity contribution in [2.75, 3.05) is 14.2 Å². The summed E-state index contributed by atoms with van der Waals surface area (Å²) in [6, 6.07) is 8.47. The number of aromatic hydroxyl groups is 2. The third-order valence-electron chi connectivity index (χ3n) is 4.78. The van der Waals surface area contributed by atoms with Crippen LogP contribution < -0.4 is 10.2 Å². The fraction of sp³-hybridized carbons (Fsp3) is 0.217. The molecule has 2 aromatic carbocycles. The van der Waals surface area contributed by atoms with Crippen LogP contribution in [0.1, 0.15) is 29.4 Å². The topological polar surface area (TPSA) is 106 Å². The van der Waals surface area contributed by atoms with Crippen molar-refractivity contribution in [3.05, 3.63) is 81.4 Å². The molecule has 0 aliphatic rings. The Bertz CT molecular complexity index is 1230. The molecule has 0 spiro atoms. The molecule has 0 amide bonds. The lowest BCUT2D eigenvalue weighted by Crippen LogP contribution is -2.14. The van der Waals surface area contributed by atoms with E-state index in [1.54, 1.807) is 6.07 Å². The number of hydrogen-bond donors (Lipinski definition) is 2. The van der Waals surface area contributed by atoms with Crippen LogP contribution >= 0.6 is 11.8 Å². The molecule has 33 heavy (non-hydrogen) atoms. The van der Waals surface area contributed by atoms with Gasteiger partial charge in [0, 0.05) is 17.0 Å². The van der Waals surface area contributed by atoms with Gasteiger partial charge in [-0.1, -0.05) is 6.07 Å². The van der Waals surface area contributed by atoms with Gasteiger partial charge in [0.1, 0.15) is 17.4 Å². The molecular formula is C23H20F2O7S. The van der Waals surface area contributed by atoms with E-state index in [0.29, 0.717) is 5.56 Å². The molecule has 0 aliphatic carbocycles. The summed E-state index contributed by atoms with van der Waals surface area (Å²) in [5.41, 5.74) is -0.412. The highest BCUT2D eigenvalue weighted by atomic mass is 32.2. The van der Waals surface area contributed by atoms with Gasteiger partial charge in [-0.25, -0.2) is 8.78 Å². The number of thioether (sulfide) groups is 1. The molecule has 0 radical (unpaired) electrons. The number of rotatable bonds is 8. The van der Waals surface area contributed by atoms with Gasteiger partial charge in [-0.15, -0.1) is 11.8 Å². The highest BCUT2D eigenvalue weighted by Crippen LogP contribution is 2.38. The standard InChI is InChI=1S/C23H20F2O7S/c1-30-19-5-3-12(7-17(19)26)15(10-21(28)31-2)23-22(29)18(27)9-14(32-23)11-33-20-6-4-13(24)8-16(20)25/h3-9,15,26,29H,10-11H2,1-2H3/t15-/m1/s1. The number of phenols is 1. The Morgan fingerprint density at radius 3 is 2.52 bits per heavy atom. The molecule has 1 atom stereocenters. The molecule has 0 unspecified atom stereocenters. The van der Waals surface area contributed by atoms with Gasteiger partial charge in [0.15, 0.2) is 17.3 Å². The van der Waals surface area contributed by atoms with Gasteiger partial charge >= 0.3 is 5.97 Å². The van der Waals surface area contributed by atoms with E-state index < -0.39 is 34.7 Å². The second-order valence-corrected chi connectivity index (χ2v) is 7.93. The molecule has 0 aliphatic heterocycles. The Morgan fingerprint density at radius 1 is 1.12 bits per heavy atom. The minimum atomic E-state index is -0.977. The molecule has 2 N–H and O–H groups in total. The van der Waals surface area contributed by atoms with Crippen molar-refractivity contribution in [3.8, 4) is 17.2 Å². The highest BCUT2D eigenvalue weighted by Gasteiger charge is 2.27. The fourth-order valence-corrected chi connectivity index (χ4v) is 3.94. The zero-order valence-corrected chi connectivity index (χ0v) is 18.4. The minimum Gasteiger partial charge on any atom is -0.504 e. The van der Waals surface area contributed by atoms with E-state index in [2.05, 4.69) is 0 Å². The average Bonchev–Trinajstić information content (AvgIpc) is 2.79. The van der Waals surface area contributed by atoms with E-state index in [4.69, 9.17) is 13.9 Å². The third kappa shape index (κ3) is 5.64. The molecule has 0 bridgehead atoms. The predicted octanol–water partition coefficient (Wildman–Crippen LogP) is 4.33. The highest BCUT2D eigenvalue weighted by molar-refractivity contribution is 7.98. The zero-order chi connectivity index (χ0) is 24.1. The number of phenolic OH excluding ortho intramolecular Hbond substituents is 1.